The predicted molar refractivity (Wildman–Crippen MR) is 53.3 cm³/mol. The highest BCUT2D eigenvalue weighted by Crippen LogP contribution is 2.04. The third-order valence-electron chi connectivity index (χ3n) is 1.67. The first kappa shape index (κ1) is 12.0. The fraction of sp³-hybridized carbons (Fsp3) is 0.727. The maximum Gasteiger partial charge on any atom is 0.304 e. The summed E-state index contributed by atoms with van der Waals surface area (Å²) in [6.45, 7) is 4.38. The first-order valence-corrected chi connectivity index (χ1v) is 4.80. The van der Waals surface area contributed by atoms with E-state index >= 15 is 0 Å². The van der Waals surface area contributed by atoms with Gasteiger partial charge in [-0.25, -0.2) is 0 Å². The summed E-state index contributed by atoms with van der Waals surface area (Å²) in [4.78, 5) is 10.1. The summed E-state index contributed by atoms with van der Waals surface area (Å²) in [5.41, 5.74) is 0. The van der Waals surface area contributed by atoms with Crippen LogP contribution in [0, 0.1) is 17.8 Å². The van der Waals surface area contributed by atoms with Crippen molar-refractivity contribution in [2.24, 2.45) is 5.92 Å². The maximum absolute atomic E-state index is 10.1. The van der Waals surface area contributed by atoms with Crippen molar-refractivity contribution in [1.82, 2.24) is 0 Å². The molecule has 0 amide bonds. The summed E-state index contributed by atoms with van der Waals surface area (Å²) in [5.74, 6) is 5.81. The summed E-state index contributed by atoms with van der Waals surface area (Å²) < 4.78 is 0. The molecular weight excluding hydrogens is 164 g/mol. The smallest absolute Gasteiger partial charge is 0.304 e. The number of carbonyl (C=O) groups is 1. The van der Waals surface area contributed by atoms with Gasteiger partial charge in [0, 0.05) is 12.8 Å². The van der Waals surface area contributed by atoms with Gasteiger partial charge in [0.2, 0.25) is 0 Å². The number of hydrogen-bond donors (Lipinski definition) is 1. The summed E-state index contributed by atoms with van der Waals surface area (Å²) in [5, 5.41) is 8.32. The van der Waals surface area contributed by atoms with Gasteiger partial charge < -0.3 is 5.11 Å². The summed E-state index contributed by atoms with van der Waals surface area (Å²) in [7, 11) is 0. The summed E-state index contributed by atoms with van der Waals surface area (Å²) >= 11 is 0. The molecule has 1 N–H and O–H groups in total. The summed E-state index contributed by atoms with van der Waals surface area (Å²) in [6.07, 6.45) is 3.87. The lowest BCUT2D eigenvalue weighted by atomic mass is 10.1. The van der Waals surface area contributed by atoms with Crippen LogP contribution in [-0.4, -0.2) is 11.1 Å². The van der Waals surface area contributed by atoms with Crippen LogP contribution in [-0.2, 0) is 4.79 Å². The Bertz CT molecular complexity index is 196. The van der Waals surface area contributed by atoms with E-state index in [1.807, 2.05) is 0 Å². The van der Waals surface area contributed by atoms with Crippen molar-refractivity contribution < 1.29 is 9.90 Å². The minimum absolute atomic E-state index is 0.164. The number of carboxylic acid groups (broad SMARTS) is 1. The Morgan fingerprint density at radius 3 is 2.46 bits per heavy atom. The van der Waals surface area contributed by atoms with Crippen molar-refractivity contribution >= 4 is 5.97 Å². The Morgan fingerprint density at radius 2 is 1.92 bits per heavy atom. The molecule has 0 aromatic carbocycles. The van der Waals surface area contributed by atoms with E-state index in [4.69, 9.17) is 5.11 Å². The average Bonchev–Trinajstić information content (AvgIpc) is 2.01. The molecule has 0 heterocycles. The van der Waals surface area contributed by atoms with Gasteiger partial charge in [0.1, 0.15) is 0 Å². The van der Waals surface area contributed by atoms with Crippen LogP contribution in [0.3, 0.4) is 0 Å². The molecule has 13 heavy (non-hydrogen) atoms. The van der Waals surface area contributed by atoms with E-state index in [9.17, 15) is 4.79 Å². The van der Waals surface area contributed by atoms with Gasteiger partial charge >= 0.3 is 5.97 Å². The van der Waals surface area contributed by atoms with Crippen LogP contribution in [0.2, 0.25) is 0 Å². The predicted octanol–water partition coefficient (Wildman–Crippen LogP) is 2.68. The average molecular weight is 182 g/mol. The molecule has 0 saturated heterocycles. The van der Waals surface area contributed by atoms with E-state index in [0.29, 0.717) is 6.42 Å². The van der Waals surface area contributed by atoms with E-state index in [0.717, 1.165) is 18.8 Å². The first-order chi connectivity index (χ1) is 6.13. The Hall–Kier alpha value is -0.970. The molecule has 0 fully saturated rings. The van der Waals surface area contributed by atoms with Crippen molar-refractivity contribution in [2.45, 2.75) is 46.0 Å². The number of aliphatic carboxylic acids is 1. The zero-order chi connectivity index (χ0) is 10.1. The topological polar surface area (TPSA) is 37.3 Å². The Balaban J connectivity index is 3.25. The molecule has 0 spiro atoms. The monoisotopic (exact) mass is 182 g/mol. The third kappa shape index (κ3) is 11.0. The van der Waals surface area contributed by atoms with Gasteiger partial charge in [-0.05, 0) is 12.3 Å². The van der Waals surface area contributed by atoms with Gasteiger partial charge in [0.05, 0.1) is 6.42 Å². The van der Waals surface area contributed by atoms with E-state index in [1.165, 1.54) is 6.42 Å². The molecule has 0 unspecified atom stereocenters. The van der Waals surface area contributed by atoms with Crippen LogP contribution in [0.25, 0.3) is 0 Å². The second-order valence-electron chi connectivity index (χ2n) is 3.53. The highest BCUT2D eigenvalue weighted by Gasteiger charge is 1.92. The minimum Gasteiger partial charge on any atom is -0.481 e. The van der Waals surface area contributed by atoms with Crippen molar-refractivity contribution in [3.8, 4) is 11.8 Å². The molecule has 0 saturated carbocycles. The van der Waals surface area contributed by atoms with E-state index in [-0.39, 0.29) is 6.42 Å². The minimum atomic E-state index is -0.767. The van der Waals surface area contributed by atoms with Crippen molar-refractivity contribution in [1.29, 1.82) is 0 Å². The fourth-order valence-corrected chi connectivity index (χ4v) is 0.945. The molecule has 2 nitrogen and oxygen atoms in total. The molecule has 0 aromatic heterocycles. The molecule has 74 valence electrons. The molecule has 0 radical (unpaired) electrons. The zero-order valence-corrected chi connectivity index (χ0v) is 8.47. The SMILES string of the molecule is CC(C)CCCC#CCCC(=O)O. The second kappa shape index (κ2) is 7.67. The normalized spacial score (nSPS) is 9.46. The lowest BCUT2D eigenvalue weighted by molar-refractivity contribution is -0.136. The van der Waals surface area contributed by atoms with Crippen molar-refractivity contribution in [2.75, 3.05) is 0 Å². The second-order valence-corrected chi connectivity index (χ2v) is 3.53. The van der Waals surface area contributed by atoms with E-state index < -0.39 is 5.97 Å². The van der Waals surface area contributed by atoms with Crippen LogP contribution in [0.5, 0.6) is 0 Å². The standard InChI is InChI=1S/C11H18O2/c1-10(2)8-6-4-3-5-7-9-11(12)13/h10H,4,6-9H2,1-2H3,(H,12,13). The molecule has 0 rings (SSSR count). The van der Waals surface area contributed by atoms with Crippen LogP contribution >= 0.6 is 0 Å². The third-order valence-corrected chi connectivity index (χ3v) is 1.67. The van der Waals surface area contributed by atoms with Crippen LogP contribution in [0.15, 0.2) is 0 Å². The van der Waals surface area contributed by atoms with Gasteiger partial charge in [-0.2, -0.15) is 0 Å². The lowest BCUT2D eigenvalue weighted by Gasteiger charge is -1.99. The first-order valence-electron chi connectivity index (χ1n) is 4.80. The molecule has 0 bridgehead atoms. The number of carboxylic acids is 1. The van der Waals surface area contributed by atoms with Crippen molar-refractivity contribution in [3.63, 3.8) is 0 Å². The zero-order valence-electron chi connectivity index (χ0n) is 8.47. The van der Waals surface area contributed by atoms with Crippen LogP contribution < -0.4 is 0 Å². The van der Waals surface area contributed by atoms with E-state index in [1.54, 1.807) is 0 Å². The Kier molecular flexibility index (Phi) is 7.10. The van der Waals surface area contributed by atoms with Gasteiger partial charge in [-0.1, -0.05) is 20.3 Å². The van der Waals surface area contributed by atoms with Gasteiger partial charge in [0.15, 0.2) is 0 Å². The van der Waals surface area contributed by atoms with Gasteiger partial charge in [-0.15, -0.1) is 11.8 Å². The molecule has 2 heteroatoms. The number of rotatable bonds is 5. The van der Waals surface area contributed by atoms with Crippen LogP contribution in [0.4, 0.5) is 0 Å². The molecule has 0 aliphatic heterocycles. The Labute approximate surface area is 80.3 Å². The number of hydrogen-bond acceptors (Lipinski definition) is 1. The molecule has 0 aliphatic carbocycles. The fourth-order valence-electron chi connectivity index (χ4n) is 0.945. The lowest BCUT2D eigenvalue weighted by Crippen LogP contribution is -1.91. The van der Waals surface area contributed by atoms with Gasteiger partial charge in [-0.3, -0.25) is 4.79 Å². The largest absolute Gasteiger partial charge is 0.481 e. The molecule has 0 aliphatic rings. The maximum atomic E-state index is 10.1. The molecule has 0 atom stereocenters. The summed E-state index contributed by atoms with van der Waals surface area (Å²) in [6, 6.07) is 0. The number of unbranched alkanes of at least 4 members (excludes halogenated alkanes) is 1. The quantitative estimate of drug-likeness (QED) is 0.524. The van der Waals surface area contributed by atoms with E-state index in [2.05, 4.69) is 25.7 Å². The van der Waals surface area contributed by atoms with Crippen LogP contribution in [0.1, 0.15) is 46.0 Å². The molecule has 0 aromatic rings. The van der Waals surface area contributed by atoms with Crippen molar-refractivity contribution in [3.05, 3.63) is 0 Å². The highest BCUT2D eigenvalue weighted by atomic mass is 16.4. The Morgan fingerprint density at radius 1 is 1.31 bits per heavy atom. The molecular formula is C11H18O2. The highest BCUT2D eigenvalue weighted by molar-refractivity contribution is 5.66. The van der Waals surface area contributed by atoms with Gasteiger partial charge in [0.25, 0.3) is 0 Å².